The number of aliphatic hydroxyl groups excluding tert-OH is 1. The van der Waals surface area contributed by atoms with Crippen LogP contribution < -0.4 is 32.7 Å². The molecule has 2 rings (SSSR count). The molecule has 0 saturated heterocycles. The lowest BCUT2D eigenvalue weighted by Gasteiger charge is -2.27. The molecule has 10 N–H and O–H groups in total. The highest BCUT2D eigenvalue weighted by Gasteiger charge is 2.30. The van der Waals surface area contributed by atoms with Gasteiger partial charge in [-0.2, -0.15) is 0 Å². The maximum Gasteiger partial charge on any atom is 0.326 e. The molecule has 0 aromatic heterocycles. The first-order valence-corrected chi connectivity index (χ1v) is 14.1. The minimum Gasteiger partial charge on any atom is -0.480 e. The lowest BCUT2D eigenvalue weighted by molar-refractivity contribution is -0.139. The van der Waals surface area contributed by atoms with Gasteiger partial charge in [-0.1, -0.05) is 74.5 Å². The van der Waals surface area contributed by atoms with Crippen molar-refractivity contribution in [2.45, 2.75) is 63.7 Å². The van der Waals surface area contributed by atoms with E-state index in [0.29, 0.717) is 18.4 Å². The van der Waals surface area contributed by atoms with Gasteiger partial charge < -0.3 is 42.9 Å². The van der Waals surface area contributed by atoms with Crippen molar-refractivity contribution in [2.24, 2.45) is 22.4 Å². The summed E-state index contributed by atoms with van der Waals surface area (Å²) in [6, 6.07) is 13.4. The van der Waals surface area contributed by atoms with Gasteiger partial charge in [0.2, 0.25) is 11.8 Å². The van der Waals surface area contributed by atoms with Crippen LogP contribution in [0.25, 0.3) is 0 Å². The van der Waals surface area contributed by atoms with Gasteiger partial charge in [0, 0.05) is 13.0 Å². The first kappa shape index (κ1) is 34.6. The van der Waals surface area contributed by atoms with Crippen LogP contribution in [-0.4, -0.2) is 77.3 Å². The number of hydrogen-bond acceptors (Lipinski definition) is 6. The summed E-state index contributed by atoms with van der Waals surface area (Å²) < 4.78 is 0. The highest BCUT2D eigenvalue weighted by Crippen LogP contribution is 2.09. The minimum atomic E-state index is -1.25. The molecule has 0 bridgehead atoms. The monoisotopic (exact) mass is 597 g/mol. The summed E-state index contributed by atoms with van der Waals surface area (Å²) in [5.41, 5.74) is 12.4. The Kier molecular flexibility index (Phi) is 14.5. The van der Waals surface area contributed by atoms with Crippen molar-refractivity contribution in [2.75, 3.05) is 13.2 Å². The third-order valence-electron chi connectivity index (χ3n) is 6.59. The molecular weight excluding hydrogens is 554 g/mol. The van der Waals surface area contributed by atoms with Crippen molar-refractivity contribution < 1.29 is 29.4 Å². The smallest absolute Gasteiger partial charge is 0.326 e. The number of carboxylic acid groups (broad SMARTS) is 1. The Morgan fingerprint density at radius 1 is 0.791 bits per heavy atom. The van der Waals surface area contributed by atoms with Crippen LogP contribution in [0, 0.1) is 5.92 Å². The van der Waals surface area contributed by atoms with E-state index in [9.17, 15) is 29.4 Å². The number of carbonyl (C=O) groups is 4. The zero-order valence-corrected chi connectivity index (χ0v) is 24.5. The van der Waals surface area contributed by atoms with E-state index in [1.807, 2.05) is 30.3 Å². The second-order valence-electron chi connectivity index (χ2n) is 10.5. The van der Waals surface area contributed by atoms with Crippen LogP contribution in [0.15, 0.2) is 65.7 Å². The molecule has 13 heteroatoms. The lowest BCUT2D eigenvalue weighted by Crippen LogP contribution is -2.58. The second-order valence-corrected chi connectivity index (χ2v) is 10.5. The van der Waals surface area contributed by atoms with Crippen LogP contribution in [-0.2, 0) is 27.2 Å². The fourth-order valence-corrected chi connectivity index (χ4v) is 4.32. The normalized spacial score (nSPS) is 13.6. The Morgan fingerprint density at radius 3 is 1.86 bits per heavy atom. The van der Waals surface area contributed by atoms with Crippen molar-refractivity contribution >= 4 is 29.8 Å². The average molecular weight is 598 g/mol. The van der Waals surface area contributed by atoms with Crippen molar-refractivity contribution in [3.63, 3.8) is 0 Å². The van der Waals surface area contributed by atoms with Crippen LogP contribution in [0.1, 0.15) is 37.8 Å². The van der Waals surface area contributed by atoms with Gasteiger partial charge in [0.25, 0.3) is 0 Å². The van der Waals surface area contributed by atoms with Gasteiger partial charge in [-0.15, -0.1) is 0 Å². The quantitative estimate of drug-likeness (QED) is 0.0716. The van der Waals surface area contributed by atoms with Gasteiger partial charge >= 0.3 is 12.0 Å². The molecule has 4 amide bonds. The number of nitrogens with one attached hydrogen (secondary N) is 4. The van der Waals surface area contributed by atoms with E-state index in [1.54, 1.807) is 44.2 Å². The van der Waals surface area contributed by atoms with E-state index in [-0.39, 0.29) is 37.9 Å². The largest absolute Gasteiger partial charge is 0.480 e. The lowest BCUT2D eigenvalue weighted by atomic mass is 10.0. The summed E-state index contributed by atoms with van der Waals surface area (Å²) in [6.45, 7) is 3.39. The molecule has 2 aromatic carbocycles. The molecule has 13 nitrogen and oxygen atoms in total. The molecule has 2 aromatic rings. The van der Waals surface area contributed by atoms with Crippen molar-refractivity contribution in [3.05, 3.63) is 71.8 Å². The number of hydrogen-bond donors (Lipinski definition) is 8. The van der Waals surface area contributed by atoms with Gasteiger partial charge in [-0.25, -0.2) is 9.59 Å². The highest BCUT2D eigenvalue weighted by atomic mass is 16.4. The summed E-state index contributed by atoms with van der Waals surface area (Å²) in [5.74, 6) is -2.83. The molecule has 0 aliphatic carbocycles. The van der Waals surface area contributed by atoms with E-state index in [0.717, 1.165) is 5.56 Å². The number of benzene rings is 2. The number of carboxylic acids is 1. The third kappa shape index (κ3) is 12.8. The zero-order valence-electron chi connectivity index (χ0n) is 24.5. The molecule has 0 radical (unpaired) electrons. The van der Waals surface area contributed by atoms with Crippen LogP contribution >= 0.6 is 0 Å². The van der Waals surface area contributed by atoms with Crippen LogP contribution in [0.2, 0.25) is 0 Å². The van der Waals surface area contributed by atoms with E-state index >= 15 is 0 Å². The fourth-order valence-electron chi connectivity index (χ4n) is 4.32. The maximum atomic E-state index is 13.4. The summed E-state index contributed by atoms with van der Waals surface area (Å²) in [4.78, 5) is 55.2. The first-order valence-electron chi connectivity index (χ1n) is 14.1. The Labute approximate surface area is 251 Å². The number of aliphatic hydroxyl groups is 1. The van der Waals surface area contributed by atoms with Crippen LogP contribution in [0.3, 0.4) is 0 Å². The Morgan fingerprint density at radius 2 is 1.35 bits per heavy atom. The van der Waals surface area contributed by atoms with E-state index in [4.69, 9.17) is 11.5 Å². The molecule has 0 spiro atoms. The summed E-state index contributed by atoms with van der Waals surface area (Å²) in [5, 5.41) is 30.0. The predicted molar refractivity (Wildman–Crippen MR) is 163 cm³/mol. The van der Waals surface area contributed by atoms with Gasteiger partial charge in [0.15, 0.2) is 5.96 Å². The number of amides is 4. The van der Waals surface area contributed by atoms with Gasteiger partial charge in [0.05, 0.1) is 12.6 Å². The standard InChI is InChI=1S/C30H43N7O6/c1-19(2)25(27(40)34-22(18-38)16-20-10-5-3-6-11-20)37-26(39)23(14-9-15-33-29(31)32)35-30(43)36-24(28(41)42)17-21-12-7-4-8-13-21/h3-8,10-13,19,22-25,38H,9,14-18H2,1-2H3,(H,34,40)(H,37,39)(H,41,42)(H4,31,32,33)(H2,35,36,43). The first-order chi connectivity index (χ1) is 20.5. The molecule has 4 unspecified atom stereocenters. The number of guanidine groups is 1. The van der Waals surface area contributed by atoms with Gasteiger partial charge in [0.1, 0.15) is 18.1 Å². The molecule has 0 saturated carbocycles. The molecule has 4 atom stereocenters. The second kappa shape index (κ2) is 18.0. The molecular formula is C30H43N7O6. The van der Waals surface area contributed by atoms with E-state index in [1.165, 1.54) is 0 Å². The Balaban J connectivity index is 2.12. The molecule has 43 heavy (non-hydrogen) atoms. The Bertz CT molecular complexity index is 1210. The topological polar surface area (TPSA) is 221 Å². The zero-order chi connectivity index (χ0) is 31.8. The van der Waals surface area contributed by atoms with E-state index in [2.05, 4.69) is 26.3 Å². The van der Waals surface area contributed by atoms with Crippen LogP contribution in [0.5, 0.6) is 0 Å². The molecule has 0 heterocycles. The number of carbonyl (C=O) groups excluding carboxylic acids is 3. The SMILES string of the molecule is CC(C)C(NC(=O)C(CCCN=C(N)N)NC(=O)NC(Cc1ccccc1)C(=O)O)C(=O)NC(CO)Cc1ccccc1. The minimum absolute atomic E-state index is 0.0372. The summed E-state index contributed by atoms with van der Waals surface area (Å²) in [7, 11) is 0. The summed E-state index contributed by atoms with van der Waals surface area (Å²) in [6.07, 6.45) is 0.845. The Hall–Kier alpha value is -4.65. The fraction of sp³-hybridized carbons (Fsp3) is 0.433. The molecule has 234 valence electrons. The third-order valence-corrected chi connectivity index (χ3v) is 6.59. The van der Waals surface area contributed by atoms with Crippen LogP contribution in [0.4, 0.5) is 4.79 Å². The van der Waals surface area contributed by atoms with Gasteiger partial charge in [-0.3, -0.25) is 14.6 Å². The number of aliphatic imine (C=N–C) groups is 1. The highest BCUT2D eigenvalue weighted by molar-refractivity contribution is 5.92. The van der Waals surface area contributed by atoms with E-state index < -0.39 is 48.0 Å². The van der Waals surface area contributed by atoms with Crippen molar-refractivity contribution in [1.82, 2.24) is 21.3 Å². The number of rotatable bonds is 17. The van der Waals surface area contributed by atoms with Crippen molar-refractivity contribution in [3.8, 4) is 0 Å². The molecule has 0 aliphatic rings. The number of urea groups is 1. The maximum absolute atomic E-state index is 13.4. The summed E-state index contributed by atoms with van der Waals surface area (Å²) >= 11 is 0. The number of nitrogens with zero attached hydrogens (tertiary/aromatic N) is 1. The molecule has 0 fully saturated rings. The molecule has 0 aliphatic heterocycles. The van der Waals surface area contributed by atoms with Crippen molar-refractivity contribution in [1.29, 1.82) is 0 Å². The predicted octanol–water partition coefficient (Wildman–Crippen LogP) is 0.264. The van der Waals surface area contributed by atoms with Gasteiger partial charge in [-0.05, 0) is 36.3 Å². The number of nitrogens with two attached hydrogens (primary N) is 2. The average Bonchev–Trinajstić information content (AvgIpc) is 2.97. The number of aliphatic carboxylic acids is 1.